The minimum Gasteiger partial charge on any atom is -0.481 e. The summed E-state index contributed by atoms with van der Waals surface area (Å²) in [6, 6.07) is 12.0. The normalized spacial score (nSPS) is 11.3. The van der Waals surface area contributed by atoms with E-state index in [2.05, 4.69) is 17.2 Å². The van der Waals surface area contributed by atoms with E-state index < -0.39 is 12.0 Å². The first-order valence-electron chi connectivity index (χ1n) is 7.72. The summed E-state index contributed by atoms with van der Waals surface area (Å²) in [4.78, 5) is 24.4. The summed E-state index contributed by atoms with van der Waals surface area (Å²) >= 11 is 0. The second-order valence-electron chi connectivity index (χ2n) is 5.25. The van der Waals surface area contributed by atoms with E-state index in [-0.39, 0.29) is 11.7 Å². The number of ether oxygens (including phenoxy) is 1. The van der Waals surface area contributed by atoms with E-state index in [1.165, 1.54) is 24.3 Å². The molecule has 0 heterocycles. The Labute approximate surface area is 145 Å². The number of halogens is 1. The van der Waals surface area contributed by atoms with Crippen LogP contribution in [0.2, 0.25) is 0 Å². The summed E-state index contributed by atoms with van der Waals surface area (Å²) in [7, 11) is 0. The number of nitrogens with one attached hydrogen (secondary N) is 2. The highest BCUT2D eigenvalue weighted by Crippen LogP contribution is 2.17. The average Bonchev–Trinajstić information content (AvgIpc) is 2.62. The number of benzene rings is 2. The van der Waals surface area contributed by atoms with Crippen molar-refractivity contribution in [2.75, 3.05) is 11.9 Å². The van der Waals surface area contributed by atoms with Crippen molar-refractivity contribution in [2.45, 2.75) is 13.0 Å². The van der Waals surface area contributed by atoms with Crippen LogP contribution in [-0.4, -0.2) is 24.5 Å². The molecule has 0 saturated heterocycles. The smallest absolute Gasteiger partial charge is 0.265 e. The largest absolute Gasteiger partial charge is 0.481 e. The van der Waals surface area contributed by atoms with Gasteiger partial charge in [-0.3, -0.25) is 9.59 Å². The van der Waals surface area contributed by atoms with Crippen molar-refractivity contribution in [3.8, 4) is 5.75 Å². The van der Waals surface area contributed by atoms with Crippen LogP contribution in [0, 0.1) is 5.82 Å². The lowest BCUT2D eigenvalue weighted by molar-refractivity contribution is -0.122. The molecular formula is C19H19FN2O3. The summed E-state index contributed by atoms with van der Waals surface area (Å²) in [6.45, 7) is 5.43. The molecule has 2 aromatic rings. The highest BCUT2D eigenvalue weighted by Gasteiger charge is 2.18. The van der Waals surface area contributed by atoms with Gasteiger partial charge in [0.1, 0.15) is 11.6 Å². The molecule has 0 spiro atoms. The van der Waals surface area contributed by atoms with Gasteiger partial charge in [0.05, 0.1) is 11.3 Å². The minimum absolute atomic E-state index is 0.317. The van der Waals surface area contributed by atoms with Crippen LogP contribution in [-0.2, 0) is 4.79 Å². The van der Waals surface area contributed by atoms with Crippen LogP contribution in [0.15, 0.2) is 61.2 Å². The third kappa shape index (κ3) is 5.17. The second kappa shape index (κ2) is 8.63. The van der Waals surface area contributed by atoms with E-state index in [0.717, 1.165) is 0 Å². The number of rotatable bonds is 7. The average molecular weight is 342 g/mol. The molecule has 0 aliphatic heterocycles. The molecule has 130 valence electrons. The highest BCUT2D eigenvalue weighted by atomic mass is 19.1. The summed E-state index contributed by atoms with van der Waals surface area (Å²) in [5.74, 6) is -0.749. The van der Waals surface area contributed by atoms with Gasteiger partial charge in [0.25, 0.3) is 11.8 Å². The van der Waals surface area contributed by atoms with Crippen molar-refractivity contribution < 1.29 is 18.7 Å². The summed E-state index contributed by atoms with van der Waals surface area (Å²) in [5, 5.41) is 5.34. The number of hydrogen-bond donors (Lipinski definition) is 2. The molecule has 0 unspecified atom stereocenters. The van der Waals surface area contributed by atoms with Crippen LogP contribution in [0.5, 0.6) is 5.75 Å². The molecule has 0 bridgehead atoms. The van der Waals surface area contributed by atoms with Gasteiger partial charge in [0.15, 0.2) is 6.10 Å². The molecule has 1 atom stereocenters. The van der Waals surface area contributed by atoms with Crippen molar-refractivity contribution in [3.63, 3.8) is 0 Å². The van der Waals surface area contributed by atoms with Crippen LogP contribution in [0.1, 0.15) is 17.3 Å². The molecule has 5 nitrogen and oxygen atoms in total. The Bertz CT molecular complexity index is 760. The Morgan fingerprint density at radius 2 is 1.88 bits per heavy atom. The summed E-state index contributed by atoms with van der Waals surface area (Å²) in [6.07, 6.45) is 0.743. The Morgan fingerprint density at radius 1 is 1.20 bits per heavy atom. The minimum atomic E-state index is -0.824. The standard InChI is InChI=1S/C19H19FN2O3/c1-3-12-21-19(24)16-6-4-5-7-17(16)22-18(23)13(2)25-15-10-8-14(20)9-11-15/h3-11,13H,1,12H2,2H3,(H,21,24)(H,22,23)/t13-/m0/s1. The lowest BCUT2D eigenvalue weighted by atomic mass is 10.1. The summed E-state index contributed by atoms with van der Waals surface area (Å²) < 4.78 is 18.4. The molecule has 0 saturated carbocycles. The Balaban J connectivity index is 2.05. The molecule has 2 N–H and O–H groups in total. The lowest BCUT2D eigenvalue weighted by Crippen LogP contribution is -2.31. The van der Waals surface area contributed by atoms with Gasteiger partial charge in [-0.1, -0.05) is 18.2 Å². The molecule has 0 aliphatic carbocycles. The Morgan fingerprint density at radius 3 is 2.56 bits per heavy atom. The molecule has 0 aromatic heterocycles. The van der Waals surface area contributed by atoms with Crippen molar-refractivity contribution >= 4 is 17.5 Å². The first-order valence-corrected chi connectivity index (χ1v) is 7.72. The van der Waals surface area contributed by atoms with Gasteiger partial charge in [-0.25, -0.2) is 4.39 Å². The number of amides is 2. The van der Waals surface area contributed by atoms with Crippen molar-refractivity contribution in [2.24, 2.45) is 0 Å². The summed E-state index contributed by atoms with van der Waals surface area (Å²) in [5.41, 5.74) is 0.718. The van der Waals surface area contributed by atoms with Crippen LogP contribution >= 0.6 is 0 Å². The fourth-order valence-corrected chi connectivity index (χ4v) is 2.06. The van der Waals surface area contributed by atoms with Crippen molar-refractivity contribution in [1.82, 2.24) is 5.32 Å². The predicted molar refractivity (Wildman–Crippen MR) is 94.1 cm³/mol. The topological polar surface area (TPSA) is 67.4 Å². The van der Waals surface area contributed by atoms with E-state index in [0.29, 0.717) is 23.5 Å². The van der Waals surface area contributed by atoms with E-state index >= 15 is 0 Å². The number of hydrogen-bond acceptors (Lipinski definition) is 3. The molecule has 2 aromatic carbocycles. The monoisotopic (exact) mass is 342 g/mol. The molecule has 2 rings (SSSR count). The maximum absolute atomic E-state index is 12.9. The van der Waals surface area contributed by atoms with Crippen LogP contribution in [0.3, 0.4) is 0 Å². The van der Waals surface area contributed by atoms with E-state index in [9.17, 15) is 14.0 Å². The van der Waals surface area contributed by atoms with Gasteiger partial charge in [0, 0.05) is 6.54 Å². The molecule has 2 amide bonds. The zero-order valence-electron chi connectivity index (χ0n) is 13.8. The van der Waals surface area contributed by atoms with Crippen molar-refractivity contribution in [1.29, 1.82) is 0 Å². The van der Waals surface area contributed by atoms with Gasteiger partial charge in [-0.05, 0) is 43.3 Å². The first kappa shape index (κ1) is 18.2. The number of anilines is 1. The quantitative estimate of drug-likeness (QED) is 0.760. The fourth-order valence-electron chi connectivity index (χ4n) is 2.06. The highest BCUT2D eigenvalue weighted by molar-refractivity contribution is 6.04. The third-order valence-corrected chi connectivity index (χ3v) is 3.33. The van der Waals surface area contributed by atoms with Gasteiger partial charge in [-0.2, -0.15) is 0 Å². The SMILES string of the molecule is C=CCNC(=O)c1ccccc1NC(=O)[C@H](C)Oc1ccc(F)cc1. The van der Waals surface area contributed by atoms with Gasteiger partial charge in [0.2, 0.25) is 0 Å². The number of carbonyl (C=O) groups excluding carboxylic acids is 2. The van der Waals surface area contributed by atoms with Crippen LogP contribution < -0.4 is 15.4 Å². The van der Waals surface area contributed by atoms with E-state index in [1.54, 1.807) is 37.3 Å². The lowest BCUT2D eigenvalue weighted by Gasteiger charge is -2.16. The maximum atomic E-state index is 12.9. The Kier molecular flexibility index (Phi) is 6.28. The van der Waals surface area contributed by atoms with Crippen LogP contribution in [0.25, 0.3) is 0 Å². The number of carbonyl (C=O) groups is 2. The van der Waals surface area contributed by atoms with Gasteiger partial charge < -0.3 is 15.4 Å². The molecule has 0 radical (unpaired) electrons. The van der Waals surface area contributed by atoms with E-state index in [1.807, 2.05) is 0 Å². The maximum Gasteiger partial charge on any atom is 0.265 e. The predicted octanol–water partition coefficient (Wildman–Crippen LogP) is 3.15. The fraction of sp³-hybridized carbons (Fsp3) is 0.158. The Hall–Kier alpha value is -3.15. The van der Waals surface area contributed by atoms with E-state index in [4.69, 9.17) is 4.74 Å². The zero-order chi connectivity index (χ0) is 18.2. The zero-order valence-corrected chi connectivity index (χ0v) is 13.8. The van der Waals surface area contributed by atoms with Gasteiger partial charge in [-0.15, -0.1) is 6.58 Å². The third-order valence-electron chi connectivity index (χ3n) is 3.33. The number of para-hydroxylation sites is 1. The second-order valence-corrected chi connectivity index (χ2v) is 5.25. The molecule has 0 aliphatic rings. The molecule has 0 fully saturated rings. The van der Waals surface area contributed by atoms with Crippen molar-refractivity contribution in [3.05, 3.63) is 72.6 Å². The molecule has 6 heteroatoms. The first-order chi connectivity index (χ1) is 12.0. The molecular weight excluding hydrogens is 323 g/mol. The molecule has 25 heavy (non-hydrogen) atoms. The van der Waals surface area contributed by atoms with Crippen LogP contribution in [0.4, 0.5) is 10.1 Å². The van der Waals surface area contributed by atoms with Gasteiger partial charge >= 0.3 is 0 Å².